The molecule has 15 heavy (non-hydrogen) atoms. The van der Waals surface area contributed by atoms with Crippen LogP contribution in [0.1, 0.15) is 75.4 Å². The molecule has 0 bridgehead atoms. The zero-order valence-electron chi connectivity index (χ0n) is 10.1. The van der Waals surface area contributed by atoms with E-state index in [0.29, 0.717) is 17.8 Å². The molecule has 2 nitrogen and oxygen atoms in total. The van der Waals surface area contributed by atoms with Gasteiger partial charge in [-0.25, -0.2) is 9.97 Å². The van der Waals surface area contributed by atoms with E-state index < -0.39 is 0 Å². The van der Waals surface area contributed by atoms with Crippen molar-refractivity contribution in [2.24, 2.45) is 0 Å². The molecule has 1 aromatic rings. The minimum absolute atomic E-state index is 0.503. The Morgan fingerprint density at radius 2 is 1.80 bits per heavy atom. The molecular formula is C13H20N2. The predicted molar refractivity (Wildman–Crippen MR) is 62.2 cm³/mol. The predicted octanol–water partition coefficient (Wildman–Crippen LogP) is 3.60. The van der Waals surface area contributed by atoms with Crippen LogP contribution < -0.4 is 0 Å². The van der Waals surface area contributed by atoms with Crippen LogP contribution in [0.3, 0.4) is 0 Å². The lowest BCUT2D eigenvalue weighted by molar-refractivity contribution is 0.725. The van der Waals surface area contributed by atoms with E-state index in [-0.39, 0.29) is 0 Å². The molecule has 0 spiro atoms. The molecule has 0 saturated heterocycles. The third-order valence-corrected chi connectivity index (χ3v) is 2.98. The SMILES string of the molecule is CC(C)c1cnc(C2CC2)nc1C(C)C. The molecule has 82 valence electrons. The number of aromatic nitrogens is 2. The van der Waals surface area contributed by atoms with Crippen LogP contribution in [-0.4, -0.2) is 9.97 Å². The summed E-state index contributed by atoms with van der Waals surface area (Å²) >= 11 is 0. The van der Waals surface area contributed by atoms with Crippen LogP contribution in [0.5, 0.6) is 0 Å². The minimum Gasteiger partial charge on any atom is -0.241 e. The highest BCUT2D eigenvalue weighted by atomic mass is 14.9. The first kappa shape index (κ1) is 10.6. The highest BCUT2D eigenvalue weighted by molar-refractivity contribution is 5.25. The molecule has 0 amide bonds. The second-order valence-electron chi connectivity index (χ2n) is 5.15. The van der Waals surface area contributed by atoms with E-state index in [9.17, 15) is 0 Å². The second-order valence-corrected chi connectivity index (χ2v) is 5.15. The summed E-state index contributed by atoms with van der Waals surface area (Å²) in [7, 11) is 0. The van der Waals surface area contributed by atoms with Gasteiger partial charge in [0.15, 0.2) is 0 Å². The van der Waals surface area contributed by atoms with E-state index in [1.165, 1.54) is 24.1 Å². The number of hydrogen-bond donors (Lipinski definition) is 0. The monoisotopic (exact) mass is 204 g/mol. The standard InChI is InChI=1S/C13H20N2/c1-8(2)11-7-14-13(10-5-6-10)15-12(11)9(3)4/h7-10H,5-6H2,1-4H3. The maximum absolute atomic E-state index is 4.74. The fourth-order valence-corrected chi connectivity index (χ4v) is 1.86. The highest BCUT2D eigenvalue weighted by Crippen LogP contribution is 2.38. The van der Waals surface area contributed by atoms with Crippen LogP contribution in [0.4, 0.5) is 0 Å². The van der Waals surface area contributed by atoms with Crippen molar-refractivity contribution in [3.8, 4) is 0 Å². The van der Waals surface area contributed by atoms with Crippen LogP contribution in [-0.2, 0) is 0 Å². The summed E-state index contributed by atoms with van der Waals surface area (Å²) in [5.41, 5.74) is 2.57. The quantitative estimate of drug-likeness (QED) is 0.751. The average Bonchev–Trinajstić information content (AvgIpc) is 2.99. The van der Waals surface area contributed by atoms with Gasteiger partial charge >= 0.3 is 0 Å². The molecule has 0 radical (unpaired) electrons. The molecule has 1 aliphatic rings. The van der Waals surface area contributed by atoms with Crippen molar-refractivity contribution in [1.82, 2.24) is 9.97 Å². The molecule has 2 rings (SSSR count). The normalized spacial score (nSPS) is 16.4. The molecule has 2 heteroatoms. The molecule has 1 saturated carbocycles. The van der Waals surface area contributed by atoms with Crippen molar-refractivity contribution in [1.29, 1.82) is 0 Å². The molecule has 0 aromatic carbocycles. The molecule has 0 aliphatic heterocycles. The van der Waals surface area contributed by atoms with Gasteiger partial charge in [0.25, 0.3) is 0 Å². The van der Waals surface area contributed by atoms with Crippen LogP contribution in [0, 0.1) is 0 Å². The lowest BCUT2D eigenvalue weighted by atomic mass is 9.97. The lowest BCUT2D eigenvalue weighted by Gasteiger charge is -2.15. The fraction of sp³-hybridized carbons (Fsp3) is 0.692. The largest absolute Gasteiger partial charge is 0.241 e. The Kier molecular flexibility index (Phi) is 2.76. The van der Waals surface area contributed by atoms with Gasteiger partial charge in [-0.15, -0.1) is 0 Å². The maximum Gasteiger partial charge on any atom is 0.131 e. The first-order chi connectivity index (χ1) is 7.09. The van der Waals surface area contributed by atoms with Crippen molar-refractivity contribution in [3.63, 3.8) is 0 Å². The smallest absolute Gasteiger partial charge is 0.131 e. The van der Waals surface area contributed by atoms with Crippen molar-refractivity contribution < 1.29 is 0 Å². The zero-order valence-corrected chi connectivity index (χ0v) is 10.1. The Labute approximate surface area is 92.1 Å². The van der Waals surface area contributed by atoms with Crippen LogP contribution in [0.15, 0.2) is 6.20 Å². The van der Waals surface area contributed by atoms with Crippen molar-refractivity contribution in [2.75, 3.05) is 0 Å². The fourth-order valence-electron chi connectivity index (χ4n) is 1.86. The van der Waals surface area contributed by atoms with Crippen LogP contribution >= 0.6 is 0 Å². The van der Waals surface area contributed by atoms with Gasteiger partial charge in [0, 0.05) is 12.1 Å². The molecule has 0 unspecified atom stereocenters. The van der Waals surface area contributed by atoms with Crippen molar-refractivity contribution in [3.05, 3.63) is 23.3 Å². The Morgan fingerprint density at radius 3 is 2.27 bits per heavy atom. The van der Waals surface area contributed by atoms with E-state index >= 15 is 0 Å². The summed E-state index contributed by atoms with van der Waals surface area (Å²) < 4.78 is 0. The molecule has 1 heterocycles. The van der Waals surface area contributed by atoms with Gasteiger partial charge < -0.3 is 0 Å². The minimum atomic E-state index is 0.503. The van der Waals surface area contributed by atoms with E-state index in [1.807, 2.05) is 6.20 Å². The van der Waals surface area contributed by atoms with Gasteiger partial charge in [0.1, 0.15) is 5.82 Å². The first-order valence-electron chi connectivity index (χ1n) is 5.96. The molecule has 0 N–H and O–H groups in total. The Morgan fingerprint density at radius 1 is 1.13 bits per heavy atom. The van der Waals surface area contributed by atoms with Gasteiger partial charge in [-0.3, -0.25) is 0 Å². The van der Waals surface area contributed by atoms with E-state index in [1.54, 1.807) is 0 Å². The highest BCUT2D eigenvalue weighted by Gasteiger charge is 2.27. The Hall–Kier alpha value is -0.920. The molecule has 1 fully saturated rings. The lowest BCUT2D eigenvalue weighted by Crippen LogP contribution is -2.06. The molecule has 1 aliphatic carbocycles. The van der Waals surface area contributed by atoms with E-state index in [2.05, 4.69) is 32.7 Å². The zero-order chi connectivity index (χ0) is 11.0. The summed E-state index contributed by atoms with van der Waals surface area (Å²) in [5, 5.41) is 0. The Balaban J connectivity index is 2.39. The third kappa shape index (κ3) is 2.19. The van der Waals surface area contributed by atoms with Crippen LogP contribution in [0.25, 0.3) is 0 Å². The summed E-state index contributed by atoms with van der Waals surface area (Å²) in [6.07, 6.45) is 4.60. The summed E-state index contributed by atoms with van der Waals surface area (Å²) in [6, 6.07) is 0. The number of nitrogens with zero attached hydrogens (tertiary/aromatic N) is 2. The Bertz CT molecular complexity index is 352. The van der Waals surface area contributed by atoms with Crippen LogP contribution in [0.2, 0.25) is 0 Å². The third-order valence-electron chi connectivity index (χ3n) is 2.98. The van der Waals surface area contributed by atoms with Gasteiger partial charge in [-0.2, -0.15) is 0 Å². The second kappa shape index (κ2) is 3.92. The van der Waals surface area contributed by atoms with Crippen molar-refractivity contribution >= 4 is 0 Å². The van der Waals surface area contributed by atoms with Gasteiger partial charge in [-0.1, -0.05) is 27.7 Å². The van der Waals surface area contributed by atoms with Gasteiger partial charge in [-0.05, 0) is 30.2 Å². The summed E-state index contributed by atoms with van der Waals surface area (Å²) in [6.45, 7) is 8.85. The summed E-state index contributed by atoms with van der Waals surface area (Å²) in [4.78, 5) is 9.24. The molecular weight excluding hydrogens is 184 g/mol. The number of hydrogen-bond acceptors (Lipinski definition) is 2. The number of rotatable bonds is 3. The molecule has 0 atom stereocenters. The molecule has 1 aromatic heterocycles. The first-order valence-corrected chi connectivity index (χ1v) is 5.96. The van der Waals surface area contributed by atoms with Gasteiger partial charge in [0.05, 0.1) is 5.69 Å². The average molecular weight is 204 g/mol. The maximum atomic E-state index is 4.74. The van der Waals surface area contributed by atoms with Crippen molar-refractivity contribution in [2.45, 2.75) is 58.3 Å². The topological polar surface area (TPSA) is 25.8 Å². The van der Waals surface area contributed by atoms with Gasteiger partial charge in [0.2, 0.25) is 0 Å². The summed E-state index contributed by atoms with van der Waals surface area (Å²) in [5.74, 6) is 2.75. The van der Waals surface area contributed by atoms with E-state index in [0.717, 1.165) is 5.82 Å². The van der Waals surface area contributed by atoms with E-state index in [4.69, 9.17) is 4.98 Å².